The van der Waals surface area contributed by atoms with Crippen LogP contribution in [0.15, 0.2) is 18.3 Å². The molecule has 1 heterocycles. The highest BCUT2D eigenvalue weighted by atomic mass is 35.5. The predicted octanol–water partition coefficient (Wildman–Crippen LogP) is 1.51. The number of nitrogens with one attached hydrogen (secondary N) is 1. The highest BCUT2D eigenvalue weighted by Gasteiger charge is 2.12. The average Bonchev–Trinajstić information content (AvgIpc) is 2.21. The molecule has 0 aliphatic heterocycles. The van der Waals surface area contributed by atoms with Gasteiger partial charge in [0.15, 0.2) is 5.15 Å². The Morgan fingerprint density at radius 2 is 2.31 bits per heavy atom. The van der Waals surface area contributed by atoms with Crippen LogP contribution in [0.3, 0.4) is 0 Å². The lowest BCUT2D eigenvalue weighted by molar-refractivity contribution is 0.199. The SMILES string of the molecule is COCCCS(=O)(=O)Nc1cccnc1Cl. The Morgan fingerprint density at radius 1 is 1.56 bits per heavy atom. The second-order valence-corrected chi connectivity index (χ2v) is 5.31. The molecule has 0 bridgehead atoms. The molecule has 0 atom stereocenters. The average molecular weight is 265 g/mol. The number of sulfonamides is 1. The van der Waals surface area contributed by atoms with Gasteiger partial charge in [0.1, 0.15) is 0 Å². The first-order valence-corrected chi connectivity index (χ1v) is 6.68. The molecule has 0 amide bonds. The third-order valence-electron chi connectivity index (χ3n) is 1.79. The molecule has 7 heteroatoms. The number of anilines is 1. The van der Waals surface area contributed by atoms with E-state index in [2.05, 4.69) is 9.71 Å². The predicted molar refractivity (Wildman–Crippen MR) is 63.1 cm³/mol. The fraction of sp³-hybridized carbons (Fsp3) is 0.444. The second kappa shape index (κ2) is 6.03. The third kappa shape index (κ3) is 4.34. The van der Waals surface area contributed by atoms with Crippen molar-refractivity contribution in [3.8, 4) is 0 Å². The molecule has 0 spiro atoms. The van der Waals surface area contributed by atoms with Crippen LogP contribution in [0, 0.1) is 0 Å². The third-order valence-corrected chi connectivity index (χ3v) is 3.44. The minimum Gasteiger partial charge on any atom is -0.385 e. The summed E-state index contributed by atoms with van der Waals surface area (Å²) in [5, 5.41) is 0.137. The molecule has 1 rings (SSSR count). The number of aromatic nitrogens is 1. The van der Waals surface area contributed by atoms with Crippen molar-refractivity contribution in [3.63, 3.8) is 0 Å². The van der Waals surface area contributed by atoms with Gasteiger partial charge in [-0.15, -0.1) is 0 Å². The summed E-state index contributed by atoms with van der Waals surface area (Å²) >= 11 is 5.73. The molecular weight excluding hydrogens is 252 g/mol. The van der Waals surface area contributed by atoms with Crippen LogP contribution < -0.4 is 4.72 Å². The van der Waals surface area contributed by atoms with E-state index in [1.54, 1.807) is 12.1 Å². The number of halogens is 1. The first kappa shape index (κ1) is 13.2. The topological polar surface area (TPSA) is 68.3 Å². The smallest absolute Gasteiger partial charge is 0.232 e. The normalized spacial score (nSPS) is 11.4. The van der Waals surface area contributed by atoms with E-state index in [1.807, 2.05) is 0 Å². The maximum atomic E-state index is 11.6. The Balaban J connectivity index is 2.63. The molecule has 0 saturated carbocycles. The van der Waals surface area contributed by atoms with Gasteiger partial charge in [-0.3, -0.25) is 4.72 Å². The largest absolute Gasteiger partial charge is 0.385 e. The fourth-order valence-corrected chi connectivity index (χ4v) is 2.40. The van der Waals surface area contributed by atoms with Crippen molar-refractivity contribution >= 4 is 27.3 Å². The van der Waals surface area contributed by atoms with Crippen molar-refractivity contribution in [2.75, 3.05) is 24.2 Å². The highest BCUT2D eigenvalue weighted by molar-refractivity contribution is 7.92. The molecule has 5 nitrogen and oxygen atoms in total. The molecule has 90 valence electrons. The maximum Gasteiger partial charge on any atom is 0.232 e. The van der Waals surface area contributed by atoms with E-state index in [4.69, 9.17) is 16.3 Å². The zero-order valence-corrected chi connectivity index (χ0v) is 10.4. The van der Waals surface area contributed by atoms with E-state index in [9.17, 15) is 8.42 Å². The van der Waals surface area contributed by atoms with Crippen LogP contribution in [0.4, 0.5) is 5.69 Å². The van der Waals surface area contributed by atoms with Gasteiger partial charge in [-0.1, -0.05) is 11.6 Å². The van der Waals surface area contributed by atoms with Gasteiger partial charge in [0.2, 0.25) is 10.0 Å². The number of hydrogen-bond donors (Lipinski definition) is 1. The summed E-state index contributed by atoms with van der Waals surface area (Å²) < 4.78 is 30.3. The quantitative estimate of drug-likeness (QED) is 0.625. The van der Waals surface area contributed by atoms with E-state index < -0.39 is 10.0 Å². The van der Waals surface area contributed by atoms with Crippen LogP contribution in [0.5, 0.6) is 0 Å². The Kier molecular flexibility index (Phi) is 4.98. The van der Waals surface area contributed by atoms with Crippen LogP contribution in [0.25, 0.3) is 0 Å². The zero-order chi connectivity index (χ0) is 12.0. The van der Waals surface area contributed by atoms with Gasteiger partial charge < -0.3 is 4.74 Å². The van der Waals surface area contributed by atoms with E-state index in [0.29, 0.717) is 18.7 Å². The van der Waals surface area contributed by atoms with Crippen molar-refractivity contribution in [3.05, 3.63) is 23.5 Å². The summed E-state index contributed by atoms with van der Waals surface area (Å²) in [4.78, 5) is 3.77. The number of pyridine rings is 1. The summed E-state index contributed by atoms with van der Waals surface area (Å²) in [6.07, 6.45) is 1.93. The van der Waals surface area contributed by atoms with Crippen molar-refractivity contribution < 1.29 is 13.2 Å². The Morgan fingerprint density at radius 3 is 2.94 bits per heavy atom. The van der Waals surface area contributed by atoms with Crippen LogP contribution in [-0.4, -0.2) is 32.9 Å². The Labute approximate surface area is 99.8 Å². The molecule has 0 radical (unpaired) electrons. The van der Waals surface area contributed by atoms with Gasteiger partial charge >= 0.3 is 0 Å². The van der Waals surface area contributed by atoms with E-state index in [1.165, 1.54) is 13.3 Å². The number of nitrogens with zero attached hydrogens (tertiary/aromatic N) is 1. The molecule has 0 aromatic carbocycles. The molecule has 0 unspecified atom stereocenters. The first-order valence-electron chi connectivity index (χ1n) is 4.65. The molecule has 16 heavy (non-hydrogen) atoms. The number of hydrogen-bond acceptors (Lipinski definition) is 4. The van der Waals surface area contributed by atoms with E-state index >= 15 is 0 Å². The molecular formula is C9H13ClN2O3S. The van der Waals surface area contributed by atoms with Crippen molar-refractivity contribution in [2.24, 2.45) is 0 Å². The van der Waals surface area contributed by atoms with Crippen LogP contribution in [-0.2, 0) is 14.8 Å². The molecule has 1 aromatic heterocycles. The number of rotatable bonds is 6. The van der Waals surface area contributed by atoms with E-state index in [0.717, 1.165) is 0 Å². The standard InChI is InChI=1S/C9H13ClN2O3S/c1-15-6-3-7-16(13,14)12-8-4-2-5-11-9(8)10/h2,4-5,12H,3,6-7H2,1H3. The molecule has 0 aliphatic rings. The number of methoxy groups -OCH3 is 1. The Bertz CT molecular complexity index is 436. The van der Waals surface area contributed by atoms with Gasteiger partial charge in [-0.05, 0) is 18.6 Å². The van der Waals surface area contributed by atoms with Crippen LogP contribution in [0.1, 0.15) is 6.42 Å². The lowest BCUT2D eigenvalue weighted by Gasteiger charge is -2.08. The van der Waals surface area contributed by atoms with Gasteiger partial charge in [0.25, 0.3) is 0 Å². The fourth-order valence-electron chi connectivity index (χ4n) is 1.07. The summed E-state index contributed by atoms with van der Waals surface area (Å²) in [6, 6.07) is 3.17. The second-order valence-electron chi connectivity index (χ2n) is 3.11. The molecule has 0 aliphatic carbocycles. The molecule has 1 N–H and O–H groups in total. The van der Waals surface area contributed by atoms with Gasteiger partial charge in [-0.2, -0.15) is 0 Å². The first-order chi connectivity index (χ1) is 7.55. The van der Waals surface area contributed by atoms with Gasteiger partial charge in [0, 0.05) is 19.9 Å². The Hall–Kier alpha value is -0.850. The molecule has 0 saturated heterocycles. The van der Waals surface area contributed by atoms with Gasteiger partial charge in [-0.25, -0.2) is 13.4 Å². The zero-order valence-electron chi connectivity index (χ0n) is 8.81. The van der Waals surface area contributed by atoms with Gasteiger partial charge in [0.05, 0.1) is 11.4 Å². The van der Waals surface area contributed by atoms with Crippen molar-refractivity contribution in [2.45, 2.75) is 6.42 Å². The molecule has 0 fully saturated rings. The summed E-state index contributed by atoms with van der Waals surface area (Å²) in [5.74, 6) is -0.00787. The minimum absolute atomic E-state index is 0.00787. The van der Waals surface area contributed by atoms with Crippen molar-refractivity contribution in [1.29, 1.82) is 0 Å². The van der Waals surface area contributed by atoms with Crippen LogP contribution >= 0.6 is 11.6 Å². The minimum atomic E-state index is -3.38. The monoisotopic (exact) mass is 264 g/mol. The lowest BCUT2D eigenvalue weighted by atomic mass is 10.4. The van der Waals surface area contributed by atoms with E-state index in [-0.39, 0.29) is 10.9 Å². The summed E-state index contributed by atoms with van der Waals surface area (Å²) in [7, 11) is -1.86. The lowest BCUT2D eigenvalue weighted by Crippen LogP contribution is -2.18. The maximum absolute atomic E-state index is 11.6. The van der Waals surface area contributed by atoms with Crippen molar-refractivity contribution in [1.82, 2.24) is 4.98 Å². The highest BCUT2D eigenvalue weighted by Crippen LogP contribution is 2.18. The molecule has 1 aromatic rings. The summed E-state index contributed by atoms with van der Waals surface area (Å²) in [5.41, 5.74) is 0.293. The van der Waals surface area contributed by atoms with Crippen LogP contribution in [0.2, 0.25) is 5.15 Å². The summed E-state index contributed by atoms with van der Waals surface area (Å²) in [6.45, 7) is 0.404. The number of ether oxygens (including phenoxy) is 1.